The molecule has 2 nitrogen and oxygen atoms in total. The standard InChI is InChI=1S/C15H21FN2S/c1-15(2)5-7-18(8-6-15)10-12-4-3-11(14(17)19)9-13(12)16/h3-4,9H,5-8,10H2,1-2H3,(H2,17,19). The highest BCUT2D eigenvalue weighted by atomic mass is 32.1. The highest BCUT2D eigenvalue weighted by Gasteiger charge is 2.25. The van der Waals surface area contributed by atoms with E-state index in [0.29, 0.717) is 17.5 Å². The summed E-state index contributed by atoms with van der Waals surface area (Å²) in [5, 5.41) is 0. The van der Waals surface area contributed by atoms with Gasteiger partial charge in [-0.2, -0.15) is 0 Å². The maximum Gasteiger partial charge on any atom is 0.128 e. The molecule has 2 N–H and O–H groups in total. The van der Waals surface area contributed by atoms with Crippen molar-refractivity contribution in [3.05, 3.63) is 35.1 Å². The first-order valence-corrected chi connectivity index (χ1v) is 7.09. The molecule has 0 saturated carbocycles. The lowest BCUT2D eigenvalue weighted by Gasteiger charge is -2.37. The van der Waals surface area contributed by atoms with Gasteiger partial charge in [-0.25, -0.2) is 4.39 Å². The lowest BCUT2D eigenvalue weighted by atomic mass is 9.82. The predicted octanol–water partition coefficient (Wildman–Crippen LogP) is 3.08. The van der Waals surface area contributed by atoms with Crippen LogP contribution in [0.1, 0.15) is 37.8 Å². The molecule has 1 aromatic rings. The molecule has 4 heteroatoms. The molecule has 0 spiro atoms. The number of rotatable bonds is 3. The number of benzene rings is 1. The van der Waals surface area contributed by atoms with Crippen LogP contribution in [0.15, 0.2) is 18.2 Å². The summed E-state index contributed by atoms with van der Waals surface area (Å²) in [5.41, 5.74) is 7.24. The fourth-order valence-electron chi connectivity index (χ4n) is 2.39. The van der Waals surface area contributed by atoms with Crippen LogP contribution >= 0.6 is 12.2 Å². The van der Waals surface area contributed by atoms with E-state index in [1.807, 2.05) is 0 Å². The minimum absolute atomic E-state index is 0.213. The summed E-state index contributed by atoms with van der Waals surface area (Å²) >= 11 is 4.85. The Balaban J connectivity index is 2.02. The van der Waals surface area contributed by atoms with Crippen molar-refractivity contribution < 1.29 is 4.39 Å². The number of nitrogens with two attached hydrogens (primary N) is 1. The highest BCUT2D eigenvalue weighted by Crippen LogP contribution is 2.30. The molecule has 19 heavy (non-hydrogen) atoms. The summed E-state index contributed by atoms with van der Waals surface area (Å²) in [6.45, 7) is 7.32. The summed E-state index contributed by atoms with van der Waals surface area (Å²) in [6, 6.07) is 5.03. The molecule has 104 valence electrons. The SMILES string of the molecule is CC1(C)CCN(Cc2ccc(C(N)=S)cc2F)CC1. The van der Waals surface area contributed by atoms with Crippen LogP contribution in [0.4, 0.5) is 4.39 Å². The molecule has 0 aliphatic carbocycles. The van der Waals surface area contributed by atoms with Crippen LogP contribution in [0.5, 0.6) is 0 Å². The third kappa shape index (κ3) is 3.74. The van der Waals surface area contributed by atoms with Gasteiger partial charge in [0, 0.05) is 17.7 Å². The third-order valence-electron chi connectivity index (χ3n) is 3.94. The van der Waals surface area contributed by atoms with E-state index in [0.717, 1.165) is 18.7 Å². The van der Waals surface area contributed by atoms with Crippen molar-refractivity contribution in [2.45, 2.75) is 33.2 Å². The smallest absolute Gasteiger partial charge is 0.128 e. The average molecular weight is 280 g/mol. The van der Waals surface area contributed by atoms with Crippen LogP contribution < -0.4 is 5.73 Å². The molecule has 0 radical (unpaired) electrons. The van der Waals surface area contributed by atoms with Crippen molar-refractivity contribution >= 4 is 17.2 Å². The Bertz CT molecular complexity index is 475. The monoisotopic (exact) mass is 280 g/mol. The quantitative estimate of drug-likeness (QED) is 0.863. The number of halogens is 1. The van der Waals surface area contributed by atoms with Gasteiger partial charge < -0.3 is 5.73 Å². The molecule has 1 heterocycles. The van der Waals surface area contributed by atoms with Gasteiger partial charge in [0.1, 0.15) is 10.8 Å². The second kappa shape index (κ2) is 5.55. The largest absolute Gasteiger partial charge is 0.389 e. The first-order valence-electron chi connectivity index (χ1n) is 6.68. The van der Waals surface area contributed by atoms with E-state index in [1.54, 1.807) is 12.1 Å². The van der Waals surface area contributed by atoms with E-state index in [-0.39, 0.29) is 10.8 Å². The fraction of sp³-hybridized carbons (Fsp3) is 0.533. The second-order valence-electron chi connectivity index (χ2n) is 6.11. The molecule has 2 rings (SSSR count). The molecule has 1 aliphatic heterocycles. The molecule has 0 atom stereocenters. The molecular formula is C15H21FN2S. The first kappa shape index (κ1) is 14.4. The van der Waals surface area contributed by atoms with Crippen LogP contribution in [0.3, 0.4) is 0 Å². The van der Waals surface area contributed by atoms with Crippen molar-refractivity contribution in [1.29, 1.82) is 0 Å². The molecule has 1 saturated heterocycles. The Labute approximate surface area is 119 Å². The number of hydrogen-bond donors (Lipinski definition) is 1. The zero-order valence-corrected chi connectivity index (χ0v) is 12.4. The van der Waals surface area contributed by atoms with Crippen LogP contribution in [-0.4, -0.2) is 23.0 Å². The van der Waals surface area contributed by atoms with E-state index in [4.69, 9.17) is 18.0 Å². The predicted molar refractivity (Wildman–Crippen MR) is 80.6 cm³/mol. The highest BCUT2D eigenvalue weighted by molar-refractivity contribution is 7.80. The molecule has 1 fully saturated rings. The van der Waals surface area contributed by atoms with Gasteiger partial charge in [0.15, 0.2) is 0 Å². The number of hydrogen-bond acceptors (Lipinski definition) is 2. The third-order valence-corrected chi connectivity index (χ3v) is 4.18. The zero-order valence-electron chi connectivity index (χ0n) is 11.6. The van der Waals surface area contributed by atoms with E-state index in [2.05, 4.69) is 18.7 Å². The molecule has 0 amide bonds. The first-order chi connectivity index (χ1) is 8.87. The Morgan fingerprint density at radius 1 is 1.37 bits per heavy atom. The number of thiocarbonyl (C=S) groups is 1. The van der Waals surface area contributed by atoms with Gasteiger partial charge in [-0.05, 0) is 37.4 Å². The van der Waals surface area contributed by atoms with Crippen molar-refractivity contribution in [3.8, 4) is 0 Å². The van der Waals surface area contributed by atoms with Gasteiger partial charge in [0.05, 0.1) is 0 Å². The van der Waals surface area contributed by atoms with Gasteiger partial charge in [-0.3, -0.25) is 4.90 Å². The van der Waals surface area contributed by atoms with Crippen LogP contribution in [0.2, 0.25) is 0 Å². The van der Waals surface area contributed by atoms with Crippen LogP contribution in [0.25, 0.3) is 0 Å². The summed E-state index contributed by atoms with van der Waals surface area (Å²) < 4.78 is 14.0. The maximum absolute atomic E-state index is 14.0. The van der Waals surface area contributed by atoms with Crippen LogP contribution in [-0.2, 0) is 6.54 Å². The van der Waals surface area contributed by atoms with Crippen LogP contribution in [0, 0.1) is 11.2 Å². The van der Waals surface area contributed by atoms with Gasteiger partial charge in [-0.1, -0.05) is 38.2 Å². The van der Waals surface area contributed by atoms with E-state index >= 15 is 0 Å². The fourth-order valence-corrected chi connectivity index (χ4v) is 2.51. The van der Waals surface area contributed by atoms with Crippen molar-refractivity contribution in [1.82, 2.24) is 4.90 Å². The Hall–Kier alpha value is -1.00. The lowest BCUT2D eigenvalue weighted by Crippen LogP contribution is -2.37. The minimum Gasteiger partial charge on any atom is -0.389 e. The molecule has 1 aromatic carbocycles. The lowest BCUT2D eigenvalue weighted by molar-refractivity contribution is 0.126. The summed E-state index contributed by atoms with van der Waals surface area (Å²) in [7, 11) is 0. The zero-order chi connectivity index (χ0) is 14.0. The maximum atomic E-state index is 14.0. The number of piperidine rings is 1. The summed E-state index contributed by atoms with van der Waals surface area (Å²) in [6.07, 6.45) is 2.33. The Morgan fingerprint density at radius 2 is 2.00 bits per heavy atom. The van der Waals surface area contributed by atoms with Gasteiger partial charge in [0.2, 0.25) is 0 Å². The second-order valence-corrected chi connectivity index (χ2v) is 6.55. The van der Waals surface area contributed by atoms with Crippen molar-refractivity contribution in [2.75, 3.05) is 13.1 Å². The van der Waals surface area contributed by atoms with Crippen molar-refractivity contribution in [3.63, 3.8) is 0 Å². The normalized spacial score (nSPS) is 19.3. The van der Waals surface area contributed by atoms with Crippen molar-refractivity contribution in [2.24, 2.45) is 11.1 Å². The average Bonchev–Trinajstić information content (AvgIpc) is 2.34. The van der Waals surface area contributed by atoms with E-state index in [1.165, 1.54) is 18.9 Å². The van der Waals surface area contributed by atoms with Gasteiger partial charge in [-0.15, -0.1) is 0 Å². The molecule has 0 aromatic heterocycles. The van der Waals surface area contributed by atoms with Gasteiger partial charge in [0.25, 0.3) is 0 Å². The minimum atomic E-state index is -0.213. The van der Waals surface area contributed by atoms with E-state index in [9.17, 15) is 4.39 Å². The topological polar surface area (TPSA) is 29.3 Å². The Kier molecular flexibility index (Phi) is 4.21. The number of likely N-dealkylation sites (tertiary alicyclic amines) is 1. The summed E-state index contributed by atoms with van der Waals surface area (Å²) in [5.74, 6) is -0.213. The molecule has 0 bridgehead atoms. The van der Waals surface area contributed by atoms with E-state index < -0.39 is 0 Å². The molecular weight excluding hydrogens is 259 g/mol. The molecule has 0 unspecified atom stereocenters. The molecule has 1 aliphatic rings. The summed E-state index contributed by atoms with van der Waals surface area (Å²) in [4.78, 5) is 2.55. The number of nitrogens with zero attached hydrogens (tertiary/aromatic N) is 1. The Morgan fingerprint density at radius 3 is 2.53 bits per heavy atom. The van der Waals surface area contributed by atoms with Gasteiger partial charge >= 0.3 is 0 Å².